The van der Waals surface area contributed by atoms with E-state index in [0.717, 1.165) is 10.9 Å². The topological polar surface area (TPSA) is 81.3 Å². The first-order chi connectivity index (χ1) is 12.6. The lowest BCUT2D eigenvalue weighted by Gasteiger charge is -2.27. The van der Waals surface area contributed by atoms with Gasteiger partial charge in [-0.15, -0.1) is 0 Å². The molecule has 1 fully saturated rings. The molecule has 6 nitrogen and oxygen atoms in total. The Morgan fingerprint density at radius 3 is 2.69 bits per heavy atom. The molecule has 0 radical (unpaired) electrons. The van der Waals surface area contributed by atoms with Gasteiger partial charge >= 0.3 is 0 Å². The van der Waals surface area contributed by atoms with E-state index in [4.69, 9.17) is 22.1 Å². The van der Waals surface area contributed by atoms with Crippen LogP contribution in [0.4, 0.5) is 5.82 Å². The smallest absolute Gasteiger partial charge is 0.254 e. The Bertz CT molecular complexity index is 969. The lowest BCUT2D eigenvalue weighted by Crippen LogP contribution is -2.40. The zero-order chi connectivity index (χ0) is 18.1. The monoisotopic (exact) mass is 368 g/mol. The molecule has 0 aliphatic carbocycles. The van der Waals surface area contributed by atoms with Crippen LogP contribution in [0.25, 0.3) is 22.2 Å². The number of carbonyl (C=O) groups excluding carboxylic acids is 1. The van der Waals surface area contributed by atoms with Gasteiger partial charge in [0.25, 0.3) is 5.91 Å². The van der Waals surface area contributed by atoms with Gasteiger partial charge in [-0.05, 0) is 36.4 Å². The molecule has 1 saturated heterocycles. The Labute approximate surface area is 155 Å². The first-order valence-electron chi connectivity index (χ1n) is 8.31. The average Bonchev–Trinajstić information content (AvgIpc) is 2.68. The number of nitrogen functional groups attached to an aromatic ring is 1. The van der Waals surface area contributed by atoms with Gasteiger partial charge in [0, 0.05) is 35.3 Å². The number of benzene rings is 1. The number of halogens is 1. The molecule has 3 aromatic rings. The highest BCUT2D eigenvalue weighted by Gasteiger charge is 2.22. The van der Waals surface area contributed by atoms with Crippen molar-refractivity contribution >= 4 is 34.2 Å². The molecule has 3 heterocycles. The number of carbonyl (C=O) groups is 1. The normalized spacial score (nSPS) is 14.6. The molecule has 1 aliphatic heterocycles. The number of rotatable bonds is 2. The van der Waals surface area contributed by atoms with Crippen molar-refractivity contribution in [3.05, 3.63) is 53.2 Å². The van der Waals surface area contributed by atoms with Crippen molar-refractivity contribution in [2.24, 2.45) is 0 Å². The summed E-state index contributed by atoms with van der Waals surface area (Å²) < 4.78 is 5.35. The molecule has 0 bridgehead atoms. The molecule has 0 atom stereocenters. The fourth-order valence-electron chi connectivity index (χ4n) is 3.02. The van der Waals surface area contributed by atoms with E-state index in [2.05, 4.69) is 9.97 Å². The minimum absolute atomic E-state index is 0.0485. The highest BCUT2D eigenvalue weighted by atomic mass is 35.5. The average molecular weight is 369 g/mol. The fraction of sp³-hybridized carbons (Fsp3) is 0.211. The number of fused-ring (bicyclic) bond motifs is 1. The summed E-state index contributed by atoms with van der Waals surface area (Å²) in [6, 6.07) is 10.7. The minimum Gasteiger partial charge on any atom is -0.384 e. The zero-order valence-corrected chi connectivity index (χ0v) is 14.7. The highest BCUT2D eigenvalue weighted by Crippen LogP contribution is 2.28. The summed E-state index contributed by atoms with van der Waals surface area (Å²) in [5.41, 5.74) is 8.42. The van der Waals surface area contributed by atoms with E-state index in [1.165, 1.54) is 0 Å². The van der Waals surface area contributed by atoms with Crippen LogP contribution >= 0.6 is 11.6 Å². The van der Waals surface area contributed by atoms with Crippen LogP contribution in [0, 0.1) is 0 Å². The predicted molar refractivity (Wildman–Crippen MR) is 101 cm³/mol. The third kappa shape index (κ3) is 3.21. The number of hydrogen-bond donors (Lipinski definition) is 1. The molecule has 1 aliphatic rings. The third-order valence-electron chi connectivity index (χ3n) is 4.38. The number of ether oxygens (including phenoxy) is 1. The maximum absolute atomic E-state index is 13.1. The van der Waals surface area contributed by atoms with Crippen molar-refractivity contribution < 1.29 is 9.53 Å². The fourth-order valence-corrected chi connectivity index (χ4v) is 3.19. The van der Waals surface area contributed by atoms with Gasteiger partial charge in [0.1, 0.15) is 5.82 Å². The second-order valence-electron chi connectivity index (χ2n) is 6.09. The van der Waals surface area contributed by atoms with Crippen molar-refractivity contribution in [2.75, 3.05) is 32.0 Å². The zero-order valence-electron chi connectivity index (χ0n) is 14.0. The summed E-state index contributed by atoms with van der Waals surface area (Å²) >= 11 is 6.16. The molecular formula is C19H17ClN4O2. The SMILES string of the molecule is Nc1ccc(-c2cc(C(=O)N3CCOCC3)c3cc(Cl)ccc3n2)cn1. The molecular weight excluding hydrogens is 352 g/mol. The van der Waals surface area contributed by atoms with Crippen molar-refractivity contribution in [2.45, 2.75) is 0 Å². The first-order valence-corrected chi connectivity index (χ1v) is 8.69. The van der Waals surface area contributed by atoms with Crippen LogP contribution in [-0.4, -0.2) is 47.1 Å². The minimum atomic E-state index is -0.0485. The van der Waals surface area contributed by atoms with Gasteiger partial charge in [0.15, 0.2) is 0 Å². The summed E-state index contributed by atoms with van der Waals surface area (Å²) in [6.45, 7) is 2.23. The van der Waals surface area contributed by atoms with Crippen molar-refractivity contribution in [3.8, 4) is 11.3 Å². The lowest BCUT2D eigenvalue weighted by molar-refractivity contribution is 0.0304. The first kappa shape index (κ1) is 16.8. The molecule has 0 unspecified atom stereocenters. The Hall–Kier alpha value is -2.70. The summed E-state index contributed by atoms with van der Waals surface area (Å²) in [6.07, 6.45) is 1.66. The Morgan fingerprint density at radius 1 is 1.15 bits per heavy atom. The van der Waals surface area contributed by atoms with Crippen molar-refractivity contribution in [3.63, 3.8) is 0 Å². The van der Waals surface area contributed by atoms with E-state index in [1.807, 2.05) is 12.1 Å². The van der Waals surface area contributed by atoms with Gasteiger partial charge in [-0.25, -0.2) is 9.97 Å². The van der Waals surface area contributed by atoms with E-state index in [9.17, 15) is 4.79 Å². The van der Waals surface area contributed by atoms with E-state index in [-0.39, 0.29) is 5.91 Å². The molecule has 2 N–H and O–H groups in total. The molecule has 26 heavy (non-hydrogen) atoms. The number of anilines is 1. The second-order valence-corrected chi connectivity index (χ2v) is 6.53. The Kier molecular flexibility index (Phi) is 4.44. The number of aromatic nitrogens is 2. The van der Waals surface area contributed by atoms with Gasteiger partial charge in [0.2, 0.25) is 0 Å². The summed E-state index contributed by atoms with van der Waals surface area (Å²) in [5, 5.41) is 1.30. The highest BCUT2D eigenvalue weighted by molar-refractivity contribution is 6.31. The number of nitrogens with two attached hydrogens (primary N) is 1. The van der Waals surface area contributed by atoms with E-state index < -0.39 is 0 Å². The standard InChI is InChI=1S/C19H17ClN4O2/c20-13-2-3-16-14(9-13)15(19(25)24-5-7-26-8-6-24)10-17(23-16)12-1-4-18(21)22-11-12/h1-4,9-11H,5-8H2,(H2,21,22). The van der Waals surface area contributed by atoms with Crippen molar-refractivity contribution in [1.29, 1.82) is 0 Å². The number of nitrogens with zero attached hydrogens (tertiary/aromatic N) is 3. The van der Waals surface area contributed by atoms with E-state index in [0.29, 0.717) is 53.9 Å². The van der Waals surface area contributed by atoms with Crippen LogP contribution < -0.4 is 5.73 Å². The summed E-state index contributed by atoms with van der Waals surface area (Å²) in [4.78, 5) is 23.7. The largest absolute Gasteiger partial charge is 0.384 e. The van der Waals surface area contributed by atoms with E-state index in [1.54, 1.807) is 35.4 Å². The molecule has 2 aromatic heterocycles. The molecule has 1 amide bonds. The quantitative estimate of drug-likeness (QED) is 0.752. The van der Waals surface area contributed by atoms with Gasteiger partial charge in [-0.2, -0.15) is 0 Å². The molecule has 0 saturated carbocycles. The summed E-state index contributed by atoms with van der Waals surface area (Å²) in [5.74, 6) is 0.388. The van der Waals surface area contributed by atoms with Crippen LogP contribution in [0.2, 0.25) is 5.02 Å². The number of morpholine rings is 1. The maximum atomic E-state index is 13.1. The Morgan fingerprint density at radius 2 is 1.96 bits per heavy atom. The molecule has 1 aromatic carbocycles. The number of hydrogen-bond acceptors (Lipinski definition) is 5. The number of pyridine rings is 2. The molecule has 0 spiro atoms. The molecule has 132 valence electrons. The molecule has 7 heteroatoms. The van der Waals surface area contributed by atoms with Gasteiger partial charge < -0.3 is 15.4 Å². The van der Waals surface area contributed by atoms with Crippen LogP contribution in [0.5, 0.6) is 0 Å². The van der Waals surface area contributed by atoms with Crippen LogP contribution in [0.1, 0.15) is 10.4 Å². The Balaban J connectivity index is 1.86. The van der Waals surface area contributed by atoms with Gasteiger partial charge in [0.05, 0.1) is 30.0 Å². The molecule has 4 rings (SSSR count). The van der Waals surface area contributed by atoms with Crippen LogP contribution in [0.3, 0.4) is 0 Å². The van der Waals surface area contributed by atoms with Crippen LogP contribution in [-0.2, 0) is 4.74 Å². The maximum Gasteiger partial charge on any atom is 0.254 e. The van der Waals surface area contributed by atoms with Crippen LogP contribution in [0.15, 0.2) is 42.6 Å². The van der Waals surface area contributed by atoms with Gasteiger partial charge in [-0.1, -0.05) is 11.6 Å². The van der Waals surface area contributed by atoms with E-state index >= 15 is 0 Å². The second kappa shape index (κ2) is 6.90. The van der Waals surface area contributed by atoms with Crippen molar-refractivity contribution in [1.82, 2.24) is 14.9 Å². The summed E-state index contributed by atoms with van der Waals surface area (Å²) in [7, 11) is 0. The predicted octanol–water partition coefficient (Wildman–Crippen LogP) is 3.00. The lowest BCUT2D eigenvalue weighted by atomic mass is 10.0. The van der Waals surface area contributed by atoms with Gasteiger partial charge in [-0.3, -0.25) is 4.79 Å². The third-order valence-corrected chi connectivity index (χ3v) is 4.62. The number of amides is 1.